The number of ether oxygens (including phenoxy) is 2. The topological polar surface area (TPSA) is 81.7 Å². The molecule has 9 heteroatoms. The first-order valence-corrected chi connectivity index (χ1v) is 7.28. The first-order valence-electron chi connectivity index (χ1n) is 7.28. The Kier molecular flexibility index (Phi) is 6.17. The van der Waals surface area contributed by atoms with Gasteiger partial charge in [-0.25, -0.2) is 9.59 Å². The number of Topliss-reactive ketones (excluding diaryl/α,β-unsaturated/α-hetero) is 1. The number of halogens is 3. The van der Waals surface area contributed by atoms with E-state index in [1.807, 2.05) is 0 Å². The molecule has 0 bridgehead atoms. The summed E-state index contributed by atoms with van der Waals surface area (Å²) >= 11 is 0. The minimum atomic E-state index is -4.70. The Labute approximate surface area is 142 Å². The Morgan fingerprint density at radius 2 is 1.72 bits per heavy atom. The lowest BCUT2D eigenvalue weighted by Crippen LogP contribution is -2.28. The van der Waals surface area contributed by atoms with Crippen LogP contribution in [0, 0.1) is 0 Å². The fourth-order valence-electron chi connectivity index (χ4n) is 1.74. The summed E-state index contributed by atoms with van der Waals surface area (Å²) in [7, 11) is 0. The summed E-state index contributed by atoms with van der Waals surface area (Å²) in [5.41, 5.74) is -2.93. The number of hydrogen-bond acceptors (Lipinski definition) is 5. The van der Waals surface area contributed by atoms with Crippen molar-refractivity contribution in [2.75, 3.05) is 11.9 Å². The Hall–Kier alpha value is -2.58. The van der Waals surface area contributed by atoms with Crippen LogP contribution in [0.1, 0.15) is 43.6 Å². The highest BCUT2D eigenvalue weighted by Crippen LogP contribution is 2.32. The minimum Gasteiger partial charge on any atom is -0.460 e. The Morgan fingerprint density at radius 3 is 2.20 bits per heavy atom. The normalized spacial score (nSPS) is 11.6. The molecule has 25 heavy (non-hydrogen) atoms. The number of carbonyl (C=O) groups excluding carboxylic acids is 3. The molecule has 0 saturated heterocycles. The highest BCUT2D eigenvalue weighted by molar-refractivity contribution is 6.42. The second kappa shape index (κ2) is 7.54. The number of carbonyl (C=O) groups is 3. The molecular weight excluding hydrogens is 343 g/mol. The SMILES string of the molecule is CCOC(=O)C(=O)c1ccc(C(F)(F)F)cc1NC(=O)OC(C)(C)C. The van der Waals surface area contributed by atoms with E-state index in [2.05, 4.69) is 10.1 Å². The van der Waals surface area contributed by atoms with Gasteiger partial charge in [-0.3, -0.25) is 10.1 Å². The highest BCUT2D eigenvalue weighted by atomic mass is 19.4. The molecule has 0 unspecified atom stereocenters. The molecule has 0 atom stereocenters. The van der Waals surface area contributed by atoms with E-state index in [0.29, 0.717) is 12.1 Å². The molecule has 0 saturated carbocycles. The van der Waals surface area contributed by atoms with Gasteiger partial charge in [-0.15, -0.1) is 0 Å². The fraction of sp³-hybridized carbons (Fsp3) is 0.438. The molecule has 6 nitrogen and oxygen atoms in total. The van der Waals surface area contributed by atoms with Gasteiger partial charge in [0.25, 0.3) is 5.78 Å². The van der Waals surface area contributed by atoms with Crippen molar-refractivity contribution >= 4 is 23.5 Å². The van der Waals surface area contributed by atoms with Crippen LogP contribution in [0.3, 0.4) is 0 Å². The van der Waals surface area contributed by atoms with Crippen LogP contribution >= 0.6 is 0 Å². The van der Waals surface area contributed by atoms with Crippen molar-refractivity contribution in [1.29, 1.82) is 0 Å². The maximum atomic E-state index is 12.9. The fourth-order valence-corrected chi connectivity index (χ4v) is 1.74. The van der Waals surface area contributed by atoms with Crippen molar-refractivity contribution in [3.8, 4) is 0 Å². The van der Waals surface area contributed by atoms with Gasteiger partial charge in [0.15, 0.2) is 0 Å². The zero-order valence-corrected chi connectivity index (χ0v) is 14.1. The monoisotopic (exact) mass is 361 g/mol. The summed E-state index contributed by atoms with van der Waals surface area (Å²) in [4.78, 5) is 35.4. The summed E-state index contributed by atoms with van der Waals surface area (Å²) < 4.78 is 48.1. The Morgan fingerprint density at radius 1 is 1.12 bits per heavy atom. The molecule has 0 spiro atoms. The molecule has 0 aliphatic carbocycles. The molecule has 0 aliphatic heterocycles. The predicted octanol–water partition coefficient (Wildman–Crippen LogP) is 3.80. The number of amides is 1. The standard InChI is InChI=1S/C16H18F3NO5/c1-5-24-13(22)12(21)10-7-6-9(16(17,18)19)8-11(10)20-14(23)25-15(2,3)4/h6-8H,5H2,1-4H3,(H,20,23). The van der Waals surface area contributed by atoms with Crippen LogP contribution in [0.5, 0.6) is 0 Å². The zero-order valence-electron chi connectivity index (χ0n) is 14.1. The maximum absolute atomic E-state index is 12.9. The van der Waals surface area contributed by atoms with Crippen molar-refractivity contribution < 1.29 is 37.0 Å². The summed E-state index contributed by atoms with van der Waals surface area (Å²) in [6, 6.07) is 1.98. The number of benzene rings is 1. The molecule has 0 heterocycles. The molecule has 0 aliphatic rings. The molecule has 0 fully saturated rings. The van der Waals surface area contributed by atoms with Crippen LogP contribution in [0.2, 0.25) is 0 Å². The smallest absolute Gasteiger partial charge is 0.416 e. The predicted molar refractivity (Wildman–Crippen MR) is 82.3 cm³/mol. The number of hydrogen-bond donors (Lipinski definition) is 1. The molecular formula is C16H18F3NO5. The van der Waals surface area contributed by atoms with Crippen LogP contribution in [0.25, 0.3) is 0 Å². The number of rotatable bonds is 4. The van der Waals surface area contributed by atoms with Gasteiger partial charge in [0.2, 0.25) is 0 Å². The third-order valence-electron chi connectivity index (χ3n) is 2.69. The lowest BCUT2D eigenvalue weighted by atomic mass is 10.0. The number of nitrogens with one attached hydrogen (secondary N) is 1. The number of esters is 1. The van der Waals surface area contributed by atoms with Crippen LogP contribution in [0.4, 0.5) is 23.7 Å². The van der Waals surface area contributed by atoms with Gasteiger partial charge in [-0.2, -0.15) is 13.2 Å². The summed E-state index contributed by atoms with van der Waals surface area (Å²) in [6.07, 6.45) is -5.76. The summed E-state index contributed by atoms with van der Waals surface area (Å²) in [5.74, 6) is -2.42. The van der Waals surface area contributed by atoms with Gasteiger partial charge in [0, 0.05) is 0 Å². The molecule has 1 aromatic rings. The number of anilines is 1. The van der Waals surface area contributed by atoms with Crippen molar-refractivity contribution in [2.24, 2.45) is 0 Å². The van der Waals surface area contributed by atoms with Crippen LogP contribution < -0.4 is 5.32 Å². The Bertz CT molecular complexity index is 677. The summed E-state index contributed by atoms with van der Waals surface area (Å²) in [6.45, 7) is 6.06. The van der Waals surface area contributed by atoms with Gasteiger partial charge >= 0.3 is 18.2 Å². The Balaban J connectivity index is 3.26. The van der Waals surface area contributed by atoms with Gasteiger partial charge < -0.3 is 9.47 Å². The van der Waals surface area contributed by atoms with Crippen molar-refractivity contribution in [3.63, 3.8) is 0 Å². The average Bonchev–Trinajstić information content (AvgIpc) is 2.43. The van der Waals surface area contributed by atoms with Crippen LogP contribution in [0.15, 0.2) is 18.2 Å². The van der Waals surface area contributed by atoms with Gasteiger partial charge in [0.1, 0.15) is 5.60 Å². The quantitative estimate of drug-likeness (QED) is 0.501. The lowest BCUT2D eigenvalue weighted by molar-refractivity contribution is -0.138. The number of alkyl halides is 3. The van der Waals surface area contributed by atoms with Crippen molar-refractivity contribution in [3.05, 3.63) is 29.3 Å². The van der Waals surface area contributed by atoms with E-state index in [4.69, 9.17) is 4.74 Å². The largest absolute Gasteiger partial charge is 0.460 e. The van der Waals surface area contributed by atoms with Gasteiger partial charge in [-0.05, 0) is 45.9 Å². The van der Waals surface area contributed by atoms with E-state index in [1.165, 1.54) is 6.92 Å². The molecule has 1 aromatic carbocycles. The van der Waals surface area contributed by atoms with Crippen LogP contribution in [-0.4, -0.2) is 30.1 Å². The zero-order chi connectivity index (χ0) is 19.4. The van der Waals surface area contributed by atoms with E-state index < -0.39 is 46.4 Å². The second-order valence-corrected chi connectivity index (χ2v) is 5.93. The first kappa shape index (κ1) is 20.5. The van der Waals surface area contributed by atoms with Gasteiger partial charge in [0.05, 0.1) is 23.4 Å². The number of ketones is 1. The van der Waals surface area contributed by atoms with E-state index in [9.17, 15) is 27.6 Å². The van der Waals surface area contributed by atoms with Crippen LogP contribution in [-0.2, 0) is 20.4 Å². The third-order valence-corrected chi connectivity index (χ3v) is 2.69. The molecule has 0 radical (unpaired) electrons. The van der Waals surface area contributed by atoms with E-state index in [0.717, 1.165) is 6.07 Å². The lowest BCUT2D eigenvalue weighted by Gasteiger charge is -2.20. The van der Waals surface area contributed by atoms with E-state index in [-0.39, 0.29) is 6.61 Å². The van der Waals surface area contributed by atoms with E-state index >= 15 is 0 Å². The molecule has 1 amide bonds. The third kappa shape index (κ3) is 6.09. The molecule has 1 rings (SSSR count). The highest BCUT2D eigenvalue weighted by Gasteiger charge is 2.33. The molecule has 0 aromatic heterocycles. The van der Waals surface area contributed by atoms with Crippen molar-refractivity contribution in [1.82, 2.24) is 0 Å². The van der Waals surface area contributed by atoms with Crippen molar-refractivity contribution in [2.45, 2.75) is 39.5 Å². The van der Waals surface area contributed by atoms with E-state index in [1.54, 1.807) is 20.8 Å². The molecule has 1 N–H and O–H groups in total. The maximum Gasteiger partial charge on any atom is 0.416 e. The second-order valence-electron chi connectivity index (χ2n) is 5.93. The van der Waals surface area contributed by atoms with Gasteiger partial charge in [-0.1, -0.05) is 0 Å². The average molecular weight is 361 g/mol. The molecule has 138 valence electrons. The minimum absolute atomic E-state index is 0.0833. The summed E-state index contributed by atoms with van der Waals surface area (Å²) in [5, 5.41) is 2.07. The first-order chi connectivity index (χ1) is 11.3.